The van der Waals surface area contributed by atoms with Crippen molar-refractivity contribution in [3.63, 3.8) is 0 Å². The lowest BCUT2D eigenvalue weighted by molar-refractivity contribution is -0.0153. The molecule has 6 nitrogen and oxygen atoms in total. The molecule has 0 radical (unpaired) electrons. The first-order valence-electron chi connectivity index (χ1n) is 4.89. The molecule has 94 valence electrons. The molecule has 0 bridgehead atoms. The van der Waals surface area contributed by atoms with Gasteiger partial charge in [0.25, 0.3) is 0 Å². The molecule has 0 heterocycles. The highest BCUT2D eigenvalue weighted by Crippen LogP contribution is 2.25. The molecule has 1 aromatic rings. The van der Waals surface area contributed by atoms with E-state index >= 15 is 0 Å². The van der Waals surface area contributed by atoms with Crippen molar-refractivity contribution < 1.29 is 30.0 Å². The molecule has 1 aromatic carbocycles. The van der Waals surface area contributed by atoms with Gasteiger partial charge in [-0.2, -0.15) is 0 Å². The summed E-state index contributed by atoms with van der Waals surface area (Å²) in [5.74, 6) is -1.07. The topological polar surface area (TPSA) is 107 Å². The average molecular weight is 242 g/mol. The Hall–Kier alpha value is -1.63. The van der Waals surface area contributed by atoms with Gasteiger partial charge < -0.3 is 25.2 Å². The van der Waals surface area contributed by atoms with E-state index in [0.29, 0.717) is 0 Å². The predicted molar refractivity (Wildman–Crippen MR) is 58.0 cm³/mol. The second-order valence-electron chi connectivity index (χ2n) is 3.46. The van der Waals surface area contributed by atoms with Crippen LogP contribution in [-0.2, 0) is 0 Å². The number of hydrogen-bond acceptors (Lipinski definition) is 5. The minimum atomic E-state index is -1.32. The molecule has 0 amide bonds. The van der Waals surface area contributed by atoms with Crippen LogP contribution in [0.4, 0.5) is 0 Å². The van der Waals surface area contributed by atoms with E-state index in [1.165, 1.54) is 25.3 Å². The van der Waals surface area contributed by atoms with Crippen molar-refractivity contribution in [2.75, 3.05) is 13.7 Å². The second-order valence-corrected chi connectivity index (χ2v) is 3.46. The zero-order valence-electron chi connectivity index (χ0n) is 9.20. The lowest BCUT2D eigenvalue weighted by atomic mass is 10.0. The standard InChI is InChI=1S/C11H14O6/c1-17-9-4-6(10(14)8(13)5-12)2-3-7(9)11(15)16/h2-4,8,10,12-14H,5H2,1H3,(H,15,16). The van der Waals surface area contributed by atoms with Gasteiger partial charge in [0.1, 0.15) is 23.5 Å². The van der Waals surface area contributed by atoms with Crippen molar-refractivity contribution >= 4 is 5.97 Å². The molecule has 0 aliphatic heterocycles. The van der Waals surface area contributed by atoms with Gasteiger partial charge in [0.05, 0.1) is 13.7 Å². The summed E-state index contributed by atoms with van der Waals surface area (Å²) in [5, 5.41) is 36.4. The van der Waals surface area contributed by atoms with E-state index in [4.69, 9.17) is 14.9 Å². The lowest BCUT2D eigenvalue weighted by Crippen LogP contribution is -2.22. The number of carbonyl (C=O) groups is 1. The minimum absolute atomic E-state index is 0.0399. The molecule has 1 rings (SSSR count). The van der Waals surface area contributed by atoms with Crippen LogP contribution in [0.25, 0.3) is 0 Å². The Morgan fingerprint density at radius 3 is 2.53 bits per heavy atom. The van der Waals surface area contributed by atoms with Gasteiger partial charge in [0.15, 0.2) is 0 Å². The first kappa shape index (κ1) is 13.4. The molecule has 2 unspecified atom stereocenters. The SMILES string of the molecule is COc1cc(C(O)C(O)CO)ccc1C(=O)O. The number of carboxylic acids is 1. The van der Waals surface area contributed by atoms with Crippen LogP contribution in [0.3, 0.4) is 0 Å². The number of benzene rings is 1. The van der Waals surface area contributed by atoms with Gasteiger partial charge in [0.2, 0.25) is 0 Å². The first-order valence-corrected chi connectivity index (χ1v) is 4.89. The molecular weight excluding hydrogens is 228 g/mol. The number of rotatable bonds is 5. The van der Waals surface area contributed by atoms with E-state index in [-0.39, 0.29) is 16.9 Å². The third-order valence-electron chi connectivity index (χ3n) is 2.35. The molecule has 0 aliphatic carbocycles. The van der Waals surface area contributed by atoms with E-state index in [2.05, 4.69) is 0 Å². The number of aromatic carboxylic acids is 1. The Bertz CT molecular complexity index is 403. The van der Waals surface area contributed by atoms with Crippen molar-refractivity contribution in [1.29, 1.82) is 0 Å². The molecule has 0 spiro atoms. The normalized spacial score (nSPS) is 14.1. The highest BCUT2D eigenvalue weighted by molar-refractivity contribution is 5.91. The Kier molecular flexibility index (Phi) is 4.45. The number of hydrogen-bond donors (Lipinski definition) is 4. The fourth-order valence-corrected chi connectivity index (χ4v) is 1.39. The van der Waals surface area contributed by atoms with Gasteiger partial charge in [-0.25, -0.2) is 4.79 Å². The lowest BCUT2D eigenvalue weighted by Gasteiger charge is -2.17. The van der Waals surface area contributed by atoms with E-state index in [9.17, 15) is 15.0 Å². The Morgan fingerprint density at radius 2 is 2.06 bits per heavy atom. The molecule has 4 N–H and O–H groups in total. The maximum absolute atomic E-state index is 10.8. The predicted octanol–water partition coefficient (Wildman–Crippen LogP) is -0.220. The second kappa shape index (κ2) is 5.62. The van der Waals surface area contributed by atoms with Crippen LogP contribution in [0.1, 0.15) is 22.0 Å². The summed E-state index contributed by atoms with van der Waals surface area (Å²) >= 11 is 0. The van der Waals surface area contributed by atoms with Crippen molar-refractivity contribution in [2.45, 2.75) is 12.2 Å². The fourth-order valence-electron chi connectivity index (χ4n) is 1.39. The smallest absolute Gasteiger partial charge is 0.339 e. The van der Waals surface area contributed by atoms with Crippen LogP contribution < -0.4 is 4.74 Å². The molecule has 2 atom stereocenters. The average Bonchev–Trinajstić information content (AvgIpc) is 2.35. The van der Waals surface area contributed by atoms with Crippen LogP contribution in [0.2, 0.25) is 0 Å². The largest absolute Gasteiger partial charge is 0.496 e. The molecule has 0 aliphatic rings. The van der Waals surface area contributed by atoms with Crippen molar-refractivity contribution in [3.8, 4) is 5.75 Å². The van der Waals surface area contributed by atoms with E-state index < -0.39 is 24.8 Å². The quantitative estimate of drug-likeness (QED) is 0.568. The summed E-state index contributed by atoms with van der Waals surface area (Å²) in [6.07, 6.45) is -2.62. The molecule has 0 saturated carbocycles. The summed E-state index contributed by atoms with van der Waals surface area (Å²) in [7, 11) is 1.31. The summed E-state index contributed by atoms with van der Waals surface area (Å²) in [5.41, 5.74) is 0.232. The minimum Gasteiger partial charge on any atom is -0.496 e. The van der Waals surface area contributed by atoms with E-state index in [1.54, 1.807) is 0 Å². The summed E-state index contributed by atoms with van der Waals surface area (Å²) < 4.78 is 4.87. The molecule has 17 heavy (non-hydrogen) atoms. The fraction of sp³-hybridized carbons (Fsp3) is 0.364. The third kappa shape index (κ3) is 2.94. The summed E-state index contributed by atoms with van der Waals surface area (Å²) in [6.45, 7) is -0.593. The van der Waals surface area contributed by atoms with Crippen LogP contribution in [0.15, 0.2) is 18.2 Å². The third-order valence-corrected chi connectivity index (χ3v) is 2.35. The van der Waals surface area contributed by atoms with Crippen LogP contribution in [0, 0.1) is 0 Å². The number of aliphatic hydroxyl groups excluding tert-OH is 3. The first-order chi connectivity index (χ1) is 8.01. The molecule has 0 aromatic heterocycles. The van der Waals surface area contributed by atoms with Gasteiger partial charge >= 0.3 is 5.97 Å². The molecule has 0 fully saturated rings. The van der Waals surface area contributed by atoms with Crippen LogP contribution in [-0.4, -0.2) is 46.2 Å². The number of methoxy groups -OCH3 is 1. The Balaban J connectivity index is 3.09. The van der Waals surface area contributed by atoms with Gasteiger partial charge in [-0.3, -0.25) is 0 Å². The number of carboxylic acid groups (broad SMARTS) is 1. The van der Waals surface area contributed by atoms with Gasteiger partial charge in [-0.1, -0.05) is 6.07 Å². The zero-order valence-corrected chi connectivity index (χ0v) is 9.20. The Morgan fingerprint density at radius 1 is 1.41 bits per heavy atom. The molecule has 0 saturated heterocycles. The Labute approximate surface area is 97.7 Å². The summed E-state index contributed by atoms with van der Waals surface area (Å²) in [4.78, 5) is 10.8. The maximum Gasteiger partial charge on any atom is 0.339 e. The van der Waals surface area contributed by atoms with E-state index in [0.717, 1.165) is 0 Å². The van der Waals surface area contributed by atoms with Crippen LogP contribution >= 0.6 is 0 Å². The highest BCUT2D eigenvalue weighted by Gasteiger charge is 2.20. The van der Waals surface area contributed by atoms with Gasteiger partial charge in [0, 0.05) is 0 Å². The number of ether oxygens (including phenoxy) is 1. The van der Waals surface area contributed by atoms with E-state index in [1.807, 2.05) is 0 Å². The van der Waals surface area contributed by atoms with Gasteiger partial charge in [-0.05, 0) is 17.7 Å². The van der Waals surface area contributed by atoms with Crippen LogP contribution in [0.5, 0.6) is 5.75 Å². The summed E-state index contributed by atoms with van der Waals surface area (Å²) in [6, 6.07) is 3.94. The number of aliphatic hydroxyl groups is 3. The van der Waals surface area contributed by atoms with Crippen molar-refractivity contribution in [2.24, 2.45) is 0 Å². The highest BCUT2D eigenvalue weighted by atomic mass is 16.5. The van der Waals surface area contributed by atoms with Crippen molar-refractivity contribution in [3.05, 3.63) is 29.3 Å². The molecule has 6 heteroatoms. The monoisotopic (exact) mass is 242 g/mol. The maximum atomic E-state index is 10.8. The zero-order chi connectivity index (χ0) is 13.0. The van der Waals surface area contributed by atoms with Crippen molar-refractivity contribution in [1.82, 2.24) is 0 Å². The van der Waals surface area contributed by atoms with Gasteiger partial charge in [-0.15, -0.1) is 0 Å². The molecular formula is C11H14O6.